The van der Waals surface area contributed by atoms with Crippen molar-refractivity contribution in [1.29, 1.82) is 0 Å². The Labute approximate surface area is 79.9 Å². The standard InChI is InChI=1S/C9H19N3O/c1-8(2)9(12(4)10-3)5-6-11-7-13/h5-6,8-9,11,13H,3,7H2,1-2,4H3/b6-5-. The number of rotatable bonds is 6. The van der Waals surface area contributed by atoms with Gasteiger partial charge in [-0.1, -0.05) is 13.8 Å². The molecule has 0 spiro atoms. The van der Waals surface area contributed by atoms with Crippen molar-refractivity contribution in [1.82, 2.24) is 10.3 Å². The summed E-state index contributed by atoms with van der Waals surface area (Å²) in [4.78, 5) is 0. The molecule has 0 aromatic heterocycles. The summed E-state index contributed by atoms with van der Waals surface area (Å²) in [7, 11) is 1.88. The molecule has 0 rings (SSSR count). The molecule has 0 heterocycles. The summed E-state index contributed by atoms with van der Waals surface area (Å²) >= 11 is 0. The fraction of sp³-hybridized carbons (Fsp3) is 0.667. The maximum Gasteiger partial charge on any atom is 0.112 e. The van der Waals surface area contributed by atoms with Crippen LogP contribution in [0.3, 0.4) is 0 Å². The molecule has 76 valence electrons. The van der Waals surface area contributed by atoms with Crippen molar-refractivity contribution in [2.75, 3.05) is 13.8 Å². The molecule has 0 aliphatic heterocycles. The molecule has 0 saturated carbocycles. The summed E-state index contributed by atoms with van der Waals surface area (Å²) in [5.74, 6) is 0.451. The van der Waals surface area contributed by atoms with Crippen LogP contribution >= 0.6 is 0 Å². The van der Waals surface area contributed by atoms with Crippen LogP contribution < -0.4 is 5.32 Å². The number of aliphatic hydroxyl groups excluding tert-OH is 1. The minimum atomic E-state index is -0.0491. The van der Waals surface area contributed by atoms with Gasteiger partial charge in [0.1, 0.15) is 6.73 Å². The van der Waals surface area contributed by atoms with E-state index in [0.29, 0.717) is 5.92 Å². The lowest BCUT2D eigenvalue weighted by molar-refractivity contribution is 0.242. The third-order valence-corrected chi connectivity index (χ3v) is 1.84. The molecule has 4 heteroatoms. The summed E-state index contributed by atoms with van der Waals surface area (Å²) in [6, 6.07) is 0.205. The van der Waals surface area contributed by atoms with E-state index in [1.54, 1.807) is 11.2 Å². The SMILES string of the molecule is C=NN(C)C(/C=C\NCO)C(C)C. The number of nitrogens with one attached hydrogen (secondary N) is 1. The first-order valence-electron chi connectivity index (χ1n) is 4.33. The van der Waals surface area contributed by atoms with E-state index in [1.165, 1.54) is 0 Å². The molecule has 13 heavy (non-hydrogen) atoms. The third kappa shape index (κ3) is 4.52. The van der Waals surface area contributed by atoms with Crippen LogP contribution in [0.5, 0.6) is 0 Å². The Morgan fingerprint density at radius 3 is 2.62 bits per heavy atom. The normalized spacial score (nSPS) is 13.3. The molecular formula is C9H19N3O. The largest absolute Gasteiger partial charge is 0.377 e. The van der Waals surface area contributed by atoms with E-state index >= 15 is 0 Å². The average molecular weight is 185 g/mol. The molecule has 0 aliphatic carbocycles. The van der Waals surface area contributed by atoms with Gasteiger partial charge in [-0.25, -0.2) is 0 Å². The molecular weight excluding hydrogens is 166 g/mol. The first kappa shape index (κ1) is 12.0. The maximum absolute atomic E-state index is 8.50. The molecule has 0 aromatic rings. The fourth-order valence-electron chi connectivity index (χ4n) is 1.09. The predicted molar refractivity (Wildman–Crippen MR) is 55.3 cm³/mol. The lowest BCUT2D eigenvalue weighted by atomic mass is 10.0. The van der Waals surface area contributed by atoms with E-state index in [4.69, 9.17) is 5.11 Å². The summed E-state index contributed by atoms with van der Waals surface area (Å²) in [6.45, 7) is 7.63. The number of hydrogen-bond donors (Lipinski definition) is 2. The molecule has 0 bridgehead atoms. The van der Waals surface area contributed by atoms with Crippen molar-refractivity contribution in [3.05, 3.63) is 12.3 Å². The van der Waals surface area contributed by atoms with Gasteiger partial charge in [0.2, 0.25) is 0 Å². The second-order valence-electron chi connectivity index (χ2n) is 3.17. The molecule has 4 nitrogen and oxygen atoms in total. The lowest BCUT2D eigenvalue weighted by Crippen LogP contribution is -2.30. The number of likely N-dealkylation sites (N-methyl/N-ethyl adjacent to an activating group) is 1. The molecule has 0 aliphatic rings. The first-order chi connectivity index (χ1) is 6.13. The van der Waals surface area contributed by atoms with Crippen molar-refractivity contribution in [2.24, 2.45) is 11.0 Å². The number of aliphatic hydroxyl groups is 1. The van der Waals surface area contributed by atoms with Gasteiger partial charge >= 0.3 is 0 Å². The molecule has 2 N–H and O–H groups in total. The highest BCUT2D eigenvalue weighted by Gasteiger charge is 2.12. The van der Waals surface area contributed by atoms with Crippen LogP contribution in [-0.2, 0) is 0 Å². The molecule has 0 saturated heterocycles. The Morgan fingerprint density at radius 2 is 2.23 bits per heavy atom. The second-order valence-corrected chi connectivity index (χ2v) is 3.17. The molecule has 0 aromatic carbocycles. The highest BCUT2D eigenvalue weighted by atomic mass is 16.3. The Balaban J connectivity index is 4.17. The van der Waals surface area contributed by atoms with Gasteiger partial charge in [-0.05, 0) is 18.2 Å². The van der Waals surface area contributed by atoms with Crippen LogP contribution in [0.15, 0.2) is 17.4 Å². The van der Waals surface area contributed by atoms with E-state index in [-0.39, 0.29) is 12.8 Å². The molecule has 0 radical (unpaired) electrons. The van der Waals surface area contributed by atoms with Gasteiger partial charge in [0.05, 0.1) is 6.04 Å². The molecule has 1 atom stereocenters. The molecule has 1 unspecified atom stereocenters. The number of hydrazone groups is 1. The second kappa shape index (κ2) is 6.48. The van der Waals surface area contributed by atoms with Gasteiger partial charge in [-0.2, -0.15) is 5.10 Å². The molecule has 0 amide bonds. The van der Waals surface area contributed by atoms with Crippen LogP contribution in [0.25, 0.3) is 0 Å². The minimum absolute atomic E-state index is 0.0491. The van der Waals surface area contributed by atoms with E-state index in [0.717, 1.165) is 0 Å². The summed E-state index contributed by atoms with van der Waals surface area (Å²) < 4.78 is 0. The van der Waals surface area contributed by atoms with Crippen LogP contribution in [0.2, 0.25) is 0 Å². The monoisotopic (exact) mass is 185 g/mol. The van der Waals surface area contributed by atoms with E-state index < -0.39 is 0 Å². The maximum atomic E-state index is 8.50. The van der Waals surface area contributed by atoms with Gasteiger partial charge in [0, 0.05) is 13.8 Å². The van der Waals surface area contributed by atoms with Crippen LogP contribution in [0, 0.1) is 5.92 Å². The highest BCUT2D eigenvalue weighted by molar-refractivity contribution is 5.22. The first-order valence-corrected chi connectivity index (χ1v) is 4.33. The predicted octanol–water partition coefficient (Wildman–Crippen LogP) is 0.611. The van der Waals surface area contributed by atoms with Crippen molar-refractivity contribution in [3.63, 3.8) is 0 Å². The Morgan fingerprint density at radius 1 is 1.62 bits per heavy atom. The van der Waals surface area contributed by atoms with Gasteiger partial charge in [0.25, 0.3) is 0 Å². The molecule has 0 fully saturated rings. The zero-order valence-corrected chi connectivity index (χ0v) is 8.57. The summed E-state index contributed by atoms with van der Waals surface area (Å²) in [5.41, 5.74) is 0. The van der Waals surface area contributed by atoms with Crippen molar-refractivity contribution in [3.8, 4) is 0 Å². The Kier molecular flexibility index (Phi) is 5.97. The van der Waals surface area contributed by atoms with Crippen molar-refractivity contribution >= 4 is 6.72 Å². The topological polar surface area (TPSA) is 47.9 Å². The van der Waals surface area contributed by atoms with E-state index in [2.05, 4.69) is 31.0 Å². The van der Waals surface area contributed by atoms with Crippen LogP contribution in [0.4, 0.5) is 0 Å². The highest BCUT2D eigenvalue weighted by Crippen LogP contribution is 2.09. The lowest BCUT2D eigenvalue weighted by Gasteiger charge is -2.25. The fourth-order valence-corrected chi connectivity index (χ4v) is 1.09. The Hall–Kier alpha value is -1.03. The zero-order chi connectivity index (χ0) is 10.3. The zero-order valence-electron chi connectivity index (χ0n) is 8.57. The van der Waals surface area contributed by atoms with E-state index in [1.807, 2.05) is 13.1 Å². The van der Waals surface area contributed by atoms with Crippen molar-refractivity contribution in [2.45, 2.75) is 19.9 Å². The van der Waals surface area contributed by atoms with E-state index in [9.17, 15) is 0 Å². The van der Waals surface area contributed by atoms with Crippen molar-refractivity contribution < 1.29 is 5.11 Å². The number of hydrogen-bond acceptors (Lipinski definition) is 4. The van der Waals surface area contributed by atoms with Crippen LogP contribution in [-0.4, -0.2) is 36.7 Å². The minimum Gasteiger partial charge on any atom is -0.377 e. The average Bonchev–Trinajstić information content (AvgIpc) is 2.11. The third-order valence-electron chi connectivity index (χ3n) is 1.84. The summed E-state index contributed by atoms with van der Waals surface area (Å²) in [5, 5.41) is 16.8. The smallest absolute Gasteiger partial charge is 0.112 e. The van der Waals surface area contributed by atoms with Gasteiger partial charge in [-0.3, -0.25) is 5.01 Å². The van der Waals surface area contributed by atoms with Gasteiger partial charge in [0.15, 0.2) is 0 Å². The van der Waals surface area contributed by atoms with Crippen LogP contribution in [0.1, 0.15) is 13.8 Å². The Bertz CT molecular complexity index is 168. The number of nitrogens with zero attached hydrogens (tertiary/aromatic N) is 2. The summed E-state index contributed by atoms with van der Waals surface area (Å²) in [6.07, 6.45) is 3.68. The quantitative estimate of drug-likeness (QED) is 0.362. The van der Waals surface area contributed by atoms with Gasteiger partial charge < -0.3 is 10.4 Å². The van der Waals surface area contributed by atoms with Gasteiger partial charge in [-0.15, -0.1) is 0 Å².